The van der Waals surface area contributed by atoms with Gasteiger partial charge in [0.25, 0.3) is 0 Å². The molecule has 1 heterocycles. The monoisotopic (exact) mass is 254 g/mol. The van der Waals surface area contributed by atoms with Crippen molar-refractivity contribution < 1.29 is 0 Å². The first-order valence-corrected chi connectivity index (χ1v) is 7.38. The van der Waals surface area contributed by atoms with Gasteiger partial charge in [0, 0.05) is 17.1 Å². The van der Waals surface area contributed by atoms with Crippen LogP contribution in [-0.2, 0) is 5.54 Å². The van der Waals surface area contributed by atoms with Crippen molar-refractivity contribution in [1.82, 2.24) is 4.98 Å². The summed E-state index contributed by atoms with van der Waals surface area (Å²) in [7, 11) is 0. The molecule has 0 radical (unpaired) electrons. The first-order chi connectivity index (χ1) is 9.24. The molecule has 2 aromatic rings. The Morgan fingerprint density at radius 1 is 1.32 bits per heavy atom. The Kier molecular flexibility index (Phi) is 3.28. The van der Waals surface area contributed by atoms with Crippen LogP contribution < -0.4 is 5.73 Å². The van der Waals surface area contributed by atoms with Gasteiger partial charge in [0.1, 0.15) is 0 Å². The summed E-state index contributed by atoms with van der Waals surface area (Å²) in [5.41, 5.74) is 8.97. The van der Waals surface area contributed by atoms with E-state index in [4.69, 9.17) is 5.73 Å². The maximum absolute atomic E-state index is 6.80. The zero-order valence-electron chi connectivity index (χ0n) is 11.6. The molecule has 1 fully saturated rings. The van der Waals surface area contributed by atoms with Crippen molar-refractivity contribution in [3.8, 4) is 0 Å². The number of aromatic nitrogens is 1. The maximum atomic E-state index is 6.80. The summed E-state index contributed by atoms with van der Waals surface area (Å²) in [5.74, 6) is 0.599. The highest BCUT2D eigenvalue weighted by Crippen LogP contribution is 2.41. The van der Waals surface area contributed by atoms with E-state index in [1.165, 1.54) is 30.2 Å². The van der Waals surface area contributed by atoms with Crippen LogP contribution >= 0.6 is 0 Å². The summed E-state index contributed by atoms with van der Waals surface area (Å²) >= 11 is 0. The summed E-state index contributed by atoms with van der Waals surface area (Å²) < 4.78 is 0. The molecule has 1 aromatic heterocycles. The molecule has 2 N–H and O–H groups in total. The summed E-state index contributed by atoms with van der Waals surface area (Å²) in [4.78, 5) is 4.46. The van der Waals surface area contributed by atoms with Crippen LogP contribution in [0.3, 0.4) is 0 Å². The molecular weight excluding hydrogens is 232 g/mol. The van der Waals surface area contributed by atoms with Gasteiger partial charge >= 0.3 is 0 Å². The summed E-state index contributed by atoms with van der Waals surface area (Å²) in [5, 5.41) is 1.19. The lowest BCUT2D eigenvalue weighted by molar-refractivity contribution is 0.184. The van der Waals surface area contributed by atoms with E-state index in [9.17, 15) is 0 Å². The molecule has 0 saturated heterocycles. The number of rotatable bonds is 2. The number of fused-ring (bicyclic) bond motifs is 1. The predicted molar refractivity (Wildman–Crippen MR) is 79.9 cm³/mol. The first kappa shape index (κ1) is 12.6. The Morgan fingerprint density at radius 3 is 3.05 bits per heavy atom. The van der Waals surface area contributed by atoms with E-state index in [0.717, 1.165) is 18.4 Å². The van der Waals surface area contributed by atoms with Crippen molar-refractivity contribution in [2.45, 2.75) is 44.6 Å². The summed E-state index contributed by atoms with van der Waals surface area (Å²) in [6, 6.07) is 10.7. The third-order valence-corrected chi connectivity index (χ3v) is 4.76. The highest BCUT2D eigenvalue weighted by atomic mass is 14.8. The molecule has 2 unspecified atom stereocenters. The largest absolute Gasteiger partial charge is 0.321 e. The van der Waals surface area contributed by atoms with Gasteiger partial charge in [0.15, 0.2) is 0 Å². The number of hydrogen-bond acceptors (Lipinski definition) is 2. The molecule has 2 nitrogen and oxygen atoms in total. The van der Waals surface area contributed by atoms with Gasteiger partial charge in [-0.3, -0.25) is 4.98 Å². The normalized spacial score (nSPS) is 27.6. The van der Waals surface area contributed by atoms with Crippen molar-refractivity contribution in [2.75, 3.05) is 0 Å². The van der Waals surface area contributed by atoms with Gasteiger partial charge in [-0.15, -0.1) is 0 Å². The lowest BCUT2D eigenvalue weighted by atomic mass is 9.68. The van der Waals surface area contributed by atoms with Gasteiger partial charge in [0.05, 0.1) is 5.52 Å². The zero-order chi connectivity index (χ0) is 13.3. The van der Waals surface area contributed by atoms with E-state index in [-0.39, 0.29) is 5.54 Å². The lowest BCUT2D eigenvalue weighted by Gasteiger charge is -2.41. The lowest BCUT2D eigenvalue weighted by Crippen LogP contribution is -2.46. The van der Waals surface area contributed by atoms with E-state index in [1.807, 2.05) is 12.3 Å². The van der Waals surface area contributed by atoms with Gasteiger partial charge < -0.3 is 5.73 Å². The molecule has 2 atom stereocenters. The number of hydrogen-bond donors (Lipinski definition) is 1. The fourth-order valence-corrected chi connectivity index (χ4v) is 3.57. The SMILES string of the molecule is CCC1CCCCC1(N)c1ccc2cccnc2c1. The quantitative estimate of drug-likeness (QED) is 0.880. The van der Waals surface area contributed by atoms with E-state index in [0.29, 0.717) is 5.92 Å². The van der Waals surface area contributed by atoms with Crippen LogP contribution in [0.25, 0.3) is 10.9 Å². The Hall–Kier alpha value is -1.41. The van der Waals surface area contributed by atoms with Gasteiger partial charge in [-0.2, -0.15) is 0 Å². The van der Waals surface area contributed by atoms with E-state index in [1.54, 1.807) is 0 Å². The van der Waals surface area contributed by atoms with Crippen LogP contribution in [0.15, 0.2) is 36.5 Å². The first-order valence-electron chi connectivity index (χ1n) is 7.38. The molecular formula is C17H22N2. The molecule has 0 bridgehead atoms. The van der Waals surface area contributed by atoms with Gasteiger partial charge in [-0.25, -0.2) is 0 Å². The van der Waals surface area contributed by atoms with Gasteiger partial charge in [0.2, 0.25) is 0 Å². The topological polar surface area (TPSA) is 38.9 Å². The van der Waals surface area contributed by atoms with Crippen LogP contribution in [0.5, 0.6) is 0 Å². The Balaban J connectivity index is 2.06. The van der Waals surface area contributed by atoms with Gasteiger partial charge in [-0.05, 0) is 36.5 Å². The van der Waals surface area contributed by atoms with Crippen LogP contribution in [0.2, 0.25) is 0 Å². The summed E-state index contributed by atoms with van der Waals surface area (Å²) in [6.45, 7) is 2.26. The molecule has 1 aromatic carbocycles. The maximum Gasteiger partial charge on any atom is 0.0705 e. The van der Waals surface area contributed by atoms with Crippen LogP contribution in [-0.4, -0.2) is 4.98 Å². The zero-order valence-corrected chi connectivity index (χ0v) is 11.6. The highest BCUT2D eigenvalue weighted by molar-refractivity contribution is 5.79. The number of benzene rings is 1. The van der Waals surface area contributed by atoms with Gasteiger partial charge in [-0.1, -0.05) is 44.4 Å². The van der Waals surface area contributed by atoms with Crippen LogP contribution in [0.4, 0.5) is 0 Å². The Labute approximate surface area is 115 Å². The highest BCUT2D eigenvalue weighted by Gasteiger charge is 2.37. The predicted octanol–water partition coefficient (Wildman–Crippen LogP) is 3.99. The average molecular weight is 254 g/mol. The number of pyridine rings is 1. The summed E-state index contributed by atoms with van der Waals surface area (Å²) in [6.07, 6.45) is 7.94. The van der Waals surface area contributed by atoms with Crippen molar-refractivity contribution in [1.29, 1.82) is 0 Å². The standard InChI is InChI=1S/C17H22N2/c1-2-14-7-3-4-10-17(14,18)15-9-8-13-6-5-11-19-16(13)12-15/h5-6,8-9,11-12,14H,2-4,7,10,18H2,1H3. The van der Waals surface area contributed by atoms with E-state index >= 15 is 0 Å². The van der Waals surface area contributed by atoms with Crippen molar-refractivity contribution in [3.63, 3.8) is 0 Å². The van der Waals surface area contributed by atoms with Crippen molar-refractivity contribution in [2.24, 2.45) is 11.7 Å². The Morgan fingerprint density at radius 2 is 2.21 bits per heavy atom. The molecule has 3 rings (SSSR count). The molecule has 19 heavy (non-hydrogen) atoms. The average Bonchev–Trinajstić information content (AvgIpc) is 2.47. The fourth-order valence-electron chi connectivity index (χ4n) is 3.57. The molecule has 0 spiro atoms. The number of nitrogens with zero attached hydrogens (tertiary/aromatic N) is 1. The second-order valence-corrected chi connectivity index (χ2v) is 5.80. The smallest absolute Gasteiger partial charge is 0.0705 e. The molecule has 100 valence electrons. The molecule has 0 amide bonds. The second-order valence-electron chi connectivity index (χ2n) is 5.80. The van der Waals surface area contributed by atoms with Crippen molar-refractivity contribution >= 4 is 10.9 Å². The Bertz CT molecular complexity index is 578. The van der Waals surface area contributed by atoms with Crippen LogP contribution in [0.1, 0.15) is 44.6 Å². The fraction of sp³-hybridized carbons (Fsp3) is 0.471. The van der Waals surface area contributed by atoms with Crippen molar-refractivity contribution in [3.05, 3.63) is 42.1 Å². The molecule has 2 heteroatoms. The van der Waals surface area contributed by atoms with E-state index < -0.39 is 0 Å². The van der Waals surface area contributed by atoms with Crippen LogP contribution in [0, 0.1) is 5.92 Å². The molecule has 1 aliphatic carbocycles. The minimum Gasteiger partial charge on any atom is -0.321 e. The minimum atomic E-state index is -0.154. The second kappa shape index (κ2) is 4.93. The minimum absolute atomic E-state index is 0.154. The molecule has 1 saturated carbocycles. The number of nitrogens with two attached hydrogens (primary N) is 1. The third-order valence-electron chi connectivity index (χ3n) is 4.76. The molecule has 1 aliphatic rings. The molecule has 0 aliphatic heterocycles. The third kappa shape index (κ3) is 2.14. The van der Waals surface area contributed by atoms with E-state index in [2.05, 4.69) is 36.2 Å².